The molecule has 0 bridgehead atoms. The van der Waals surface area contributed by atoms with Crippen molar-refractivity contribution in [2.45, 2.75) is 13.0 Å². The van der Waals surface area contributed by atoms with Gasteiger partial charge in [0.15, 0.2) is 11.8 Å². The Morgan fingerprint density at radius 2 is 1.80 bits per heavy atom. The number of nitrogens with one attached hydrogen (secondary N) is 1. The van der Waals surface area contributed by atoms with Crippen LogP contribution in [0.25, 0.3) is 16.9 Å². The van der Waals surface area contributed by atoms with Crippen LogP contribution < -0.4 is 5.32 Å². The summed E-state index contributed by atoms with van der Waals surface area (Å²) in [6.07, 6.45) is 1.98. The molecular weight excluding hydrogens is 404 g/mol. The van der Waals surface area contributed by atoms with E-state index in [9.17, 15) is 9.59 Å². The zero-order chi connectivity index (χ0) is 21.1. The summed E-state index contributed by atoms with van der Waals surface area (Å²) in [5, 5.41) is 7.52. The maximum atomic E-state index is 12.7. The van der Waals surface area contributed by atoms with E-state index in [0.29, 0.717) is 16.4 Å². The first-order chi connectivity index (χ1) is 14.5. The number of amides is 1. The first kappa shape index (κ1) is 19.6. The van der Waals surface area contributed by atoms with E-state index >= 15 is 0 Å². The average Bonchev–Trinajstić information content (AvgIpc) is 3.20. The molecule has 0 aliphatic heterocycles. The van der Waals surface area contributed by atoms with Crippen molar-refractivity contribution in [1.29, 1.82) is 0 Å². The minimum atomic E-state index is -1.01. The van der Waals surface area contributed by atoms with E-state index in [0.717, 1.165) is 11.3 Å². The molecule has 7 nitrogen and oxygen atoms in total. The van der Waals surface area contributed by atoms with Gasteiger partial charge in [-0.25, -0.2) is 14.3 Å². The van der Waals surface area contributed by atoms with Gasteiger partial charge in [0.1, 0.15) is 5.56 Å². The fourth-order valence-corrected chi connectivity index (χ4v) is 3.04. The third kappa shape index (κ3) is 4.01. The normalized spacial score (nSPS) is 11.8. The lowest BCUT2D eigenvalue weighted by Gasteiger charge is -2.13. The number of ether oxygens (including phenoxy) is 1. The molecule has 0 fully saturated rings. The van der Waals surface area contributed by atoms with E-state index in [4.69, 9.17) is 16.3 Å². The SMILES string of the molecule is CC(OC(=O)c1cnn2c(-c3ccccc3)ccnc12)C(=O)Nc1ccc(Cl)cc1. The Balaban J connectivity index is 1.52. The number of halogens is 1. The molecule has 4 rings (SSSR count). The van der Waals surface area contributed by atoms with Crippen molar-refractivity contribution in [3.05, 3.63) is 83.6 Å². The molecular formula is C22H17ClN4O3. The Morgan fingerprint density at radius 1 is 1.07 bits per heavy atom. The molecule has 1 N–H and O–H groups in total. The molecule has 150 valence electrons. The number of fused-ring (bicyclic) bond motifs is 1. The summed E-state index contributed by atoms with van der Waals surface area (Å²) in [5.74, 6) is -1.14. The van der Waals surface area contributed by atoms with E-state index in [-0.39, 0.29) is 5.56 Å². The van der Waals surface area contributed by atoms with Crippen LogP contribution in [-0.4, -0.2) is 32.6 Å². The standard InChI is InChI=1S/C22H17ClN4O3/c1-14(21(28)26-17-9-7-16(23)8-10-17)30-22(29)18-13-25-27-19(11-12-24-20(18)27)15-5-3-2-4-6-15/h2-14H,1H3,(H,26,28). The van der Waals surface area contributed by atoms with Gasteiger partial charge in [-0.2, -0.15) is 5.10 Å². The summed E-state index contributed by atoms with van der Waals surface area (Å²) < 4.78 is 6.91. The summed E-state index contributed by atoms with van der Waals surface area (Å²) in [6.45, 7) is 1.50. The fraction of sp³-hybridized carbons (Fsp3) is 0.0909. The average molecular weight is 421 g/mol. The zero-order valence-electron chi connectivity index (χ0n) is 15.9. The minimum Gasteiger partial charge on any atom is -0.449 e. The highest BCUT2D eigenvalue weighted by Gasteiger charge is 2.23. The summed E-state index contributed by atoms with van der Waals surface area (Å²) in [6, 6.07) is 18.1. The van der Waals surface area contributed by atoms with Crippen molar-refractivity contribution in [1.82, 2.24) is 14.6 Å². The highest BCUT2D eigenvalue weighted by molar-refractivity contribution is 6.30. The molecule has 0 aliphatic carbocycles. The second-order valence-electron chi connectivity index (χ2n) is 6.53. The van der Waals surface area contributed by atoms with E-state index < -0.39 is 18.0 Å². The smallest absolute Gasteiger partial charge is 0.344 e. The van der Waals surface area contributed by atoms with Crippen molar-refractivity contribution in [2.75, 3.05) is 5.32 Å². The van der Waals surface area contributed by atoms with Crippen molar-refractivity contribution in [2.24, 2.45) is 0 Å². The highest BCUT2D eigenvalue weighted by Crippen LogP contribution is 2.21. The van der Waals surface area contributed by atoms with Gasteiger partial charge in [0.2, 0.25) is 0 Å². The first-order valence-corrected chi connectivity index (χ1v) is 9.56. The predicted octanol–water partition coefficient (Wildman–Crippen LogP) is 4.23. The molecule has 0 radical (unpaired) electrons. The van der Waals surface area contributed by atoms with Crippen LogP contribution in [0.1, 0.15) is 17.3 Å². The van der Waals surface area contributed by atoms with Crippen LogP contribution in [0.3, 0.4) is 0 Å². The summed E-state index contributed by atoms with van der Waals surface area (Å²) in [4.78, 5) is 29.3. The van der Waals surface area contributed by atoms with E-state index in [2.05, 4.69) is 15.4 Å². The van der Waals surface area contributed by atoms with Gasteiger partial charge in [0.25, 0.3) is 5.91 Å². The lowest BCUT2D eigenvalue weighted by Crippen LogP contribution is -2.30. The predicted molar refractivity (Wildman–Crippen MR) is 113 cm³/mol. The lowest BCUT2D eigenvalue weighted by molar-refractivity contribution is -0.123. The number of carbonyl (C=O) groups is 2. The molecule has 1 amide bonds. The van der Waals surface area contributed by atoms with Crippen LogP contribution in [0, 0.1) is 0 Å². The number of nitrogens with zero attached hydrogens (tertiary/aromatic N) is 3. The number of hydrogen-bond acceptors (Lipinski definition) is 5. The third-order valence-corrected chi connectivity index (χ3v) is 4.71. The fourth-order valence-electron chi connectivity index (χ4n) is 2.92. The van der Waals surface area contributed by atoms with Crippen LogP contribution in [0.2, 0.25) is 5.02 Å². The number of benzene rings is 2. The topological polar surface area (TPSA) is 85.6 Å². The van der Waals surface area contributed by atoms with Gasteiger partial charge in [-0.15, -0.1) is 0 Å². The Hall–Kier alpha value is -3.71. The van der Waals surface area contributed by atoms with Crippen molar-refractivity contribution >= 4 is 34.8 Å². The molecule has 4 aromatic rings. The van der Waals surface area contributed by atoms with Crippen LogP contribution in [0.15, 0.2) is 73.1 Å². The number of anilines is 1. The van der Waals surface area contributed by atoms with Gasteiger partial charge >= 0.3 is 5.97 Å². The van der Waals surface area contributed by atoms with Crippen molar-refractivity contribution in [3.8, 4) is 11.3 Å². The molecule has 1 atom stereocenters. The molecule has 8 heteroatoms. The second-order valence-corrected chi connectivity index (χ2v) is 6.97. The number of esters is 1. The maximum Gasteiger partial charge on any atom is 0.344 e. The van der Waals surface area contributed by atoms with Crippen LogP contribution in [-0.2, 0) is 9.53 Å². The zero-order valence-corrected chi connectivity index (χ0v) is 16.7. The molecule has 30 heavy (non-hydrogen) atoms. The van der Waals surface area contributed by atoms with Gasteiger partial charge in [0.05, 0.1) is 11.9 Å². The molecule has 0 saturated heterocycles. The van der Waals surface area contributed by atoms with Crippen LogP contribution >= 0.6 is 11.6 Å². The second kappa shape index (κ2) is 8.34. The van der Waals surface area contributed by atoms with Gasteiger partial charge < -0.3 is 10.1 Å². The highest BCUT2D eigenvalue weighted by atomic mass is 35.5. The monoisotopic (exact) mass is 420 g/mol. The number of aromatic nitrogens is 3. The molecule has 2 aromatic carbocycles. The van der Waals surface area contributed by atoms with E-state index in [1.807, 2.05) is 36.4 Å². The summed E-state index contributed by atoms with van der Waals surface area (Å²) >= 11 is 5.84. The van der Waals surface area contributed by atoms with Crippen molar-refractivity contribution < 1.29 is 14.3 Å². The van der Waals surface area contributed by atoms with Crippen LogP contribution in [0.4, 0.5) is 5.69 Å². The Bertz CT molecular complexity index is 1210. The molecule has 2 heterocycles. The number of hydrogen-bond donors (Lipinski definition) is 1. The molecule has 0 spiro atoms. The van der Waals surface area contributed by atoms with Gasteiger partial charge in [-0.1, -0.05) is 41.9 Å². The Morgan fingerprint density at radius 3 is 2.53 bits per heavy atom. The Kier molecular flexibility index (Phi) is 5.45. The summed E-state index contributed by atoms with van der Waals surface area (Å²) in [5.41, 5.74) is 2.81. The van der Waals surface area contributed by atoms with Gasteiger partial charge in [-0.3, -0.25) is 4.79 Å². The lowest BCUT2D eigenvalue weighted by atomic mass is 10.1. The number of rotatable bonds is 5. The molecule has 1 unspecified atom stereocenters. The number of carbonyl (C=O) groups excluding carboxylic acids is 2. The third-order valence-electron chi connectivity index (χ3n) is 4.46. The van der Waals surface area contributed by atoms with Gasteiger partial charge in [-0.05, 0) is 37.3 Å². The largest absolute Gasteiger partial charge is 0.449 e. The van der Waals surface area contributed by atoms with Crippen molar-refractivity contribution in [3.63, 3.8) is 0 Å². The summed E-state index contributed by atoms with van der Waals surface area (Å²) in [7, 11) is 0. The van der Waals surface area contributed by atoms with E-state index in [1.54, 1.807) is 35.0 Å². The molecule has 0 saturated carbocycles. The quantitative estimate of drug-likeness (QED) is 0.488. The maximum absolute atomic E-state index is 12.7. The minimum absolute atomic E-state index is 0.180. The Labute approximate surface area is 177 Å². The van der Waals surface area contributed by atoms with Crippen LogP contribution in [0.5, 0.6) is 0 Å². The first-order valence-electron chi connectivity index (χ1n) is 9.18. The molecule has 2 aromatic heterocycles. The van der Waals surface area contributed by atoms with E-state index in [1.165, 1.54) is 13.1 Å². The van der Waals surface area contributed by atoms with Gasteiger partial charge in [0, 0.05) is 22.5 Å². The molecule has 0 aliphatic rings.